The molecule has 0 aliphatic carbocycles. The molecule has 0 saturated heterocycles. The fourth-order valence-electron chi connectivity index (χ4n) is 1.69. The zero-order valence-corrected chi connectivity index (χ0v) is 10.2. The van der Waals surface area contributed by atoms with E-state index in [4.69, 9.17) is 10.5 Å². The highest BCUT2D eigenvalue weighted by Crippen LogP contribution is 2.05. The van der Waals surface area contributed by atoms with Crippen LogP contribution in [0.5, 0.6) is 0 Å². The van der Waals surface area contributed by atoms with Gasteiger partial charge in [-0.1, -0.05) is 30.3 Å². The molecule has 0 amide bonds. The summed E-state index contributed by atoms with van der Waals surface area (Å²) in [5, 5.41) is 0. The molecule has 1 unspecified atom stereocenters. The van der Waals surface area contributed by atoms with E-state index in [-0.39, 0.29) is 0 Å². The van der Waals surface area contributed by atoms with Crippen LogP contribution in [-0.2, 0) is 11.2 Å². The Balaban J connectivity index is 2.03. The summed E-state index contributed by atoms with van der Waals surface area (Å²) < 4.78 is 5.71. The lowest BCUT2D eigenvalue weighted by atomic mass is 10.1. The molecule has 0 aliphatic heterocycles. The van der Waals surface area contributed by atoms with Gasteiger partial charge in [-0.2, -0.15) is 0 Å². The Bertz CT molecular complexity index is 261. The Morgan fingerprint density at radius 3 is 2.62 bits per heavy atom. The Labute approximate surface area is 98.8 Å². The van der Waals surface area contributed by atoms with E-state index in [2.05, 4.69) is 37.3 Å². The molecule has 0 fully saturated rings. The summed E-state index contributed by atoms with van der Waals surface area (Å²) in [4.78, 5) is 0. The molecular weight excluding hydrogens is 198 g/mol. The average Bonchev–Trinajstić information content (AvgIpc) is 2.33. The summed E-state index contributed by atoms with van der Waals surface area (Å²) in [5.41, 5.74) is 6.84. The Hall–Kier alpha value is -0.860. The van der Waals surface area contributed by atoms with Crippen molar-refractivity contribution in [3.63, 3.8) is 0 Å². The van der Waals surface area contributed by atoms with Crippen molar-refractivity contribution in [2.75, 3.05) is 13.2 Å². The number of hydrogen-bond acceptors (Lipinski definition) is 2. The van der Waals surface area contributed by atoms with Gasteiger partial charge >= 0.3 is 0 Å². The van der Waals surface area contributed by atoms with Crippen LogP contribution in [0.4, 0.5) is 0 Å². The van der Waals surface area contributed by atoms with Crippen molar-refractivity contribution in [2.45, 2.75) is 38.7 Å². The minimum absolute atomic E-state index is 0.347. The topological polar surface area (TPSA) is 35.2 Å². The van der Waals surface area contributed by atoms with Crippen LogP contribution in [0, 0.1) is 0 Å². The molecule has 1 aromatic rings. The minimum Gasteiger partial charge on any atom is -0.378 e. The molecule has 2 heteroatoms. The molecule has 0 aliphatic rings. The van der Waals surface area contributed by atoms with Gasteiger partial charge in [0.05, 0.1) is 6.10 Å². The van der Waals surface area contributed by atoms with Gasteiger partial charge in [0.25, 0.3) is 0 Å². The van der Waals surface area contributed by atoms with Gasteiger partial charge in [-0.15, -0.1) is 0 Å². The fourth-order valence-corrected chi connectivity index (χ4v) is 1.69. The van der Waals surface area contributed by atoms with E-state index in [1.165, 1.54) is 5.56 Å². The largest absolute Gasteiger partial charge is 0.378 e. The minimum atomic E-state index is 0.347. The Kier molecular flexibility index (Phi) is 6.86. The van der Waals surface area contributed by atoms with Crippen LogP contribution >= 0.6 is 0 Å². The molecule has 1 atom stereocenters. The molecule has 0 spiro atoms. The zero-order valence-electron chi connectivity index (χ0n) is 10.2. The number of aryl methyl sites for hydroxylation is 1. The van der Waals surface area contributed by atoms with E-state index in [1.807, 2.05) is 0 Å². The van der Waals surface area contributed by atoms with Crippen molar-refractivity contribution < 1.29 is 4.74 Å². The van der Waals surface area contributed by atoms with Crippen molar-refractivity contribution >= 4 is 0 Å². The SMILES string of the molecule is CC(CCCN)OCCCc1ccccc1. The quantitative estimate of drug-likeness (QED) is 0.685. The molecule has 2 N–H and O–H groups in total. The van der Waals surface area contributed by atoms with E-state index in [9.17, 15) is 0 Å². The average molecular weight is 221 g/mol. The number of rotatable bonds is 8. The Morgan fingerprint density at radius 2 is 1.94 bits per heavy atom. The number of benzene rings is 1. The van der Waals surface area contributed by atoms with Crippen LogP contribution in [0.1, 0.15) is 31.7 Å². The first-order valence-corrected chi connectivity index (χ1v) is 6.18. The van der Waals surface area contributed by atoms with Gasteiger partial charge in [-0.3, -0.25) is 0 Å². The van der Waals surface area contributed by atoms with Gasteiger partial charge in [0.15, 0.2) is 0 Å². The summed E-state index contributed by atoms with van der Waals surface area (Å²) >= 11 is 0. The molecule has 0 aromatic heterocycles. The molecule has 16 heavy (non-hydrogen) atoms. The van der Waals surface area contributed by atoms with Crippen molar-refractivity contribution in [3.05, 3.63) is 35.9 Å². The van der Waals surface area contributed by atoms with Crippen LogP contribution in [0.25, 0.3) is 0 Å². The highest BCUT2D eigenvalue weighted by molar-refractivity contribution is 5.14. The van der Waals surface area contributed by atoms with Crippen LogP contribution in [0.2, 0.25) is 0 Å². The van der Waals surface area contributed by atoms with Crippen molar-refractivity contribution in [2.24, 2.45) is 5.73 Å². The second kappa shape index (κ2) is 8.31. The van der Waals surface area contributed by atoms with Crippen molar-refractivity contribution in [1.82, 2.24) is 0 Å². The van der Waals surface area contributed by atoms with E-state index >= 15 is 0 Å². The zero-order chi connectivity index (χ0) is 11.6. The van der Waals surface area contributed by atoms with Crippen LogP contribution in [-0.4, -0.2) is 19.3 Å². The number of nitrogens with two attached hydrogens (primary N) is 1. The summed E-state index contributed by atoms with van der Waals surface area (Å²) in [6.07, 6.45) is 4.67. The van der Waals surface area contributed by atoms with Gasteiger partial charge in [0.1, 0.15) is 0 Å². The summed E-state index contributed by atoms with van der Waals surface area (Å²) in [6, 6.07) is 10.5. The van der Waals surface area contributed by atoms with Gasteiger partial charge in [0, 0.05) is 6.61 Å². The third-order valence-corrected chi connectivity index (χ3v) is 2.67. The molecular formula is C14H23NO. The van der Waals surface area contributed by atoms with Gasteiger partial charge in [0.2, 0.25) is 0 Å². The van der Waals surface area contributed by atoms with Gasteiger partial charge in [-0.25, -0.2) is 0 Å². The predicted molar refractivity (Wildman–Crippen MR) is 68.5 cm³/mol. The first kappa shape index (κ1) is 13.2. The summed E-state index contributed by atoms with van der Waals surface area (Å²) in [7, 11) is 0. The molecule has 0 bridgehead atoms. The molecule has 0 heterocycles. The lowest BCUT2D eigenvalue weighted by Crippen LogP contribution is -2.12. The third-order valence-electron chi connectivity index (χ3n) is 2.67. The van der Waals surface area contributed by atoms with Crippen LogP contribution in [0.3, 0.4) is 0 Å². The molecule has 1 aromatic carbocycles. The predicted octanol–water partition coefficient (Wildman–Crippen LogP) is 2.76. The first-order chi connectivity index (χ1) is 7.83. The van der Waals surface area contributed by atoms with E-state index < -0.39 is 0 Å². The van der Waals surface area contributed by atoms with Gasteiger partial charge in [-0.05, 0) is 44.7 Å². The second-order valence-corrected chi connectivity index (χ2v) is 4.20. The molecule has 0 radical (unpaired) electrons. The fraction of sp³-hybridized carbons (Fsp3) is 0.571. The normalized spacial score (nSPS) is 12.6. The molecule has 0 saturated carbocycles. The van der Waals surface area contributed by atoms with E-state index in [0.717, 1.165) is 38.8 Å². The van der Waals surface area contributed by atoms with Crippen LogP contribution < -0.4 is 5.73 Å². The van der Waals surface area contributed by atoms with E-state index in [0.29, 0.717) is 6.10 Å². The van der Waals surface area contributed by atoms with Crippen molar-refractivity contribution in [1.29, 1.82) is 0 Å². The third kappa shape index (κ3) is 5.89. The lowest BCUT2D eigenvalue weighted by molar-refractivity contribution is 0.0579. The van der Waals surface area contributed by atoms with Crippen molar-refractivity contribution in [3.8, 4) is 0 Å². The lowest BCUT2D eigenvalue weighted by Gasteiger charge is -2.12. The highest BCUT2D eigenvalue weighted by atomic mass is 16.5. The molecule has 2 nitrogen and oxygen atoms in total. The first-order valence-electron chi connectivity index (χ1n) is 6.18. The molecule has 1 rings (SSSR count). The Morgan fingerprint density at radius 1 is 1.19 bits per heavy atom. The second-order valence-electron chi connectivity index (χ2n) is 4.20. The van der Waals surface area contributed by atoms with E-state index in [1.54, 1.807) is 0 Å². The number of ether oxygens (including phenoxy) is 1. The molecule has 90 valence electrons. The summed E-state index contributed by atoms with van der Waals surface area (Å²) in [5.74, 6) is 0. The highest BCUT2D eigenvalue weighted by Gasteiger charge is 2.00. The maximum Gasteiger partial charge on any atom is 0.0547 e. The summed E-state index contributed by atoms with van der Waals surface area (Å²) in [6.45, 7) is 3.73. The monoisotopic (exact) mass is 221 g/mol. The van der Waals surface area contributed by atoms with Gasteiger partial charge < -0.3 is 10.5 Å². The van der Waals surface area contributed by atoms with Crippen LogP contribution in [0.15, 0.2) is 30.3 Å². The number of hydrogen-bond donors (Lipinski definition) is 1. The smallest absolute Gasteiger partial charge is 0.0547 e. The maximum absolute atomic E-state index is 5.71. The maximum atomic E-state index is 5.71. The standard InChI is InChI=1S/C14H23NO/c1-13(7-5-11-15)16-12-6-10-14-8-3-2-4-9-14/h2-4,8-9,13H,5-7,10-12,15H2,1H3.